The molecule has 1 fully saturated rings. The molecule has 3 N–H and O–H groups in total. The summed E-state index contributed by atoms with van der Waals surface area (Å²) in [5.41, 5.74) is -0.919. The van der Waals surface area contributed by atoms with Gasteiger partial charge in [0.1, 0.15) is 11.0 Å². The fourth-order valence-corrected chi connectivity index (χ4v) is 3.50. The molecule has 2 aromatic heterocycles. The molecule has 0 aliphatic heterocycles. The molecule has 1 saturated carbocycles. The molecule has 2 heterocycles. The van der Waals surface area contributed by atoms with Crippen molar-refractivity contribution >= 4 is 36.0 Å². The first-order valence-electron chi connectivity index (χ1n) is 8.90. The maximum atomic E-state index is 12.3. The van der Waals surface area contributed by atoms with Crippen molar-refractivity contribution in [3.8, 4) is 0 Å². The van der Waals surface area contributed by atoms with Gasteiger partial charge in [-0.15, -0.1) is 0 Å². The zero-order valence-corrected chi connectivity index (χ0v) is 16.1. The van der Waals surface area contributed by atoms with E-state index in [1.165, 1.54) is 14.1 Å². The maximum Gasteiger partial charge on any atom is 0.331 e. The number of nitrogens with one attached hydrogen (secondary N) is 3. The quantitative estimate of drug-likeness (QED) is 0.480. The monoisotopic (exact) mass is 400 g/mol. The third-order valence-electron chi connectivity index (χ3n) is 5.32. The second kappa shape index (κ2) is 6.55. The van der Waals surface area contributed by atoms with Crippen molar-refractivity contribution in [2.24, 2.45) is 20.0 Å². The SMILES string of the molecule is COC12C=c3oc(NC(=O)CNc4c(C=N)n(C)c(=O)n(C)c4=O)nc3=CC1C2. The predicted molar refractivity (Wildman–Crippen MR) is 104 cm³/mol. The van der Waals surface area contributed by atoms with Crippen LogP contribution in [0.25, 0.3) is 12.2 Å². The van der Waals surface area contributed by atoms with Gasteiger partial charge in [0.15, 0.2) is 5.42 Å². The van der Waals surface area contributed by atoms with E-state index in [0.717, 1.165) is 21.8 Å². The molecule has 0 spiro atoms. The van der Waals surface area contributed by atoms with Crippen molar-refractivity contribution in [1.29, 1.82) is 5.41 Å². The molecule has 0 bridgehead atoms. The first-order valence-corrected chi connectivity index (χ1v) is 8.90. The smallest absolute Gasteiger partial charge is 0.331 e. The topological polar surface area (TPSA) is 144 Å². The van der Waals surface area contributed by atoms with Crippen LogP contribution in [0.2, 0.25) is 0 Å². The highest BCUT2D eigenvalue weighted by molar-refractivity contribution is 5.93. The number of nitrogens with zero attached hydrogens (tertiary/aromatic N) is 3. The van der Waals surface area contributed by atoms with Gasteiger partial charge in [0, 0.05) is 33.3 Å². The van der Waals surface area contributed by atoms with E-state index in [-0.39, 0.29) is 35.5 Å². The third-order valence-corrected chi connectivity index (χ3v) is 5.32. The zero-order chi connectivity index (χ0) is 20.9. The maximum absolute atomic E-state index is 12.3. The molecule has 0 saturated heterocycles. The van der Waals surface area contributed by atoms with Crippen LogP contribution in [-0.4, -0.2) is 45.5 Å². The number of anilines is 2. The molecule has 0 radical (unpaired) electrons. The average Bonchev–Trinajstić information content (AvgIpc) is 3.28. The summed E-state index contributed by atoms with van der Waals surface area (Å²) in [4.78, 5) is 40.8. The Balaban J connectivity index is 1.51. The highest BCUT2D eigenvalue weighted by atomic mass is 16.5. The molecular weight excluding hydrogens is 380 g/mol. The minimum absolute atomic E-state index is 0.0183. The summed E-state index contributed by atoms with van der Waals surface area (Å²) < 4.78 is 13.1. The fourth-order valence-electron chi connectivity index (χ4n) is 3.50. The van der Waals surface area contributed by atoms with E-state index in [1.54, 1.807) is 7.11 Å². The molecule has 152 valence electrons. The van der Waals surface area contributed by atoms with E-state index in [4.69, 9.17) is 14.6 Å². The van der Waals surface area contributed by atoms with Gasteiger partial charge < -0.3 is 19.9 Å². The highest BCUT2D eigenvalue weighted by Gasteiger charge is 2.53. The first kappa shape index (κ1) is 18.9. The number of methoxy groups -OCH3 is 1. The van der Waals surface area contributed by atoms with E-state index in [1.807, 2.05) is 12.2 Å². The molecule has 4 rings (SSSR count). The van der Waals surface area contributed by atoms with Crippen LogP contribution in [0.4, 0.5) is 11.7 Å². The van der Waals surface area contributed by atoms with E-state index in [0.29, 0.717) is 10.8 Å². The highest BCUT2D eigenvalue weighted by Crippen LogP contribution is 2.49. The van der Waals surface area contributed by atoms with Gasteiger partial charge in [-0.2, -0.15) is 4.98 Å². The minimum Gasteiger partial charge on any atom is -0.424 e. The normalized spacial score (nSPS) is 21.3. The molecule has 2 atom stereocenters. The lowest BCUT2D eigenvalue weighted by atomic mass is 10.1. The second-order valence-electron chi connectivity index (χ2n) is 7.06. The lowest BCUT2D eigenvalue weighted by Crippen LogP contribution is -2.41. The number of hydrogen-bond donors (Lipinski definition) is 3. The average molecular weight is 400 g/mol. The lowest BCUT2D eigenvalue weighted by Gasteiger charge is -2.13. The second-order valence-corrected chi connectivity index (χ2v) is 7.06. The Morgan fingerprint density at radius 3 is 2.90 bits per heavy atom. The largest absolute Gasteiger partial charge is 0.424 e. The Morgan fingerprint density at radius 2 is 2.21 bits per heavy atom. The molecule has 2 unspecified atom stereocenters. The molecule has 1 amide bonds. The number of aromatic nitrogens is 3. The van der Waals surface area contributed by atoms with Crippen molar-refractivity contribution in [2.75, 3.05) is 24.3 Å². The van der Waals surface area contributed by atoms with Crippen LogP contribution < -0.4 is 32.6 Å². The molecule has 11 nitrogen and oxygen atoms in total. The molecule has 0 aromatic carbocycles. The van der Waals surface area contributed by atoms with Crippen molar-refractivity contribution < 1.29 is 13.9 Å². The Bertz CT molecular complexity index is 1270. The summed E-state index contributed by atoms with van der Waals surface area (Å²) in [6.45, 7) is -0.278. The third kappa shape index (κ3) is 2.99. The van der Waals surface area contributed by atoms with Gasteiger partial charge in [-0.25, -0.2) is 4.79 Å². The first-order chi connectivity index (χ1) is 13.8. The number of hydrogen-bond acceptors (Lipinski definition) is 8. The van der Waals surface area contributed by atoms with E-state index < -0.39 is 17.2 Å². The van der Waals surface area contributed by atoms with Crippen LogP contribution in [0, 0.1) is 11.3 Å². The number of carbonyl (C=O) groups excluding carboxylic acids is 1. The molecule has 2 aromatic rings. The van der Waals surface area contributed by atoms with Gasteiger partial charge in [0.25, 0.3) is 5.56 Å². The van der Waals surface area contributed by atoms with Gasteiger partial charge in [-0.05, 0) is 18.6 Å². The summed E-state index contributed by atoms with van der Waals surface area (Å²) in [5, 5.41) is 13.3. The summed E-state index contributed by atoms with van der Waals surface area (Å²) in [7, 11) is 4.41. The van der Waals surface area contributed by atoms with Gasteiger partial charge in [-0.3, -0.25) is 24.0 Å². The van der Waals surface area contributed by atoms with E-state index in [2.05, 4.69) is 15.6 Å². The molecule has 2 aliphatic rings. The number of fused-ring (bicyclic) bond motifs is 2. The number of amides is 1. The van der Waals surface area contributed by atoms with Crippen LogP contribution >= 0.6 is 0 Å². The van der Waals surface area contributed by atoms with Crippen LogP contribution in [0.5, 0.6) is 0 Å². The standard InChI is InChI=1S/C18H20N6O5/c1-23-11(7-19)14(15(26)24(2)17(23)27)20-8-13(25)22-16-21-10-4-9-5-18(9,28-3)6-12(10)29-16/h4,6-7,9,19-20H,5,8H2,1-3H3,(H,21,22,25). The van der Waals surface area contributed by atoms with Crippen LogP contribution in [0.3, 0.4) is 0 Å². The van der Waals surface area contributed by atoms with Gasteiger partial charge in [0.2, 0.25) is 5.91 Å². The number of ether oxygens (including phenoxy) is 1. The van der Waals surface area contributed by atoms with Gasteiger partial charge in [0.05, 0.1) is 17.8 Å². The summed E-state index contributed by atoms with van der Waals surface area (Å²) in [6.07, 6.45) is 5.60. The van der Waals surface area contributed by atoms with Crippen LogP contribution in [0.1, 0.15) is 12.1 Å². The van der Waals surface area contributed by atoms with Crippen molar-refractivity contribution in [3.63, 3.8) is 0 Å². The number of rotatable bonds is 6. The Hall–Kier alpha value is -3.47. The Labute approximate surface area is 163 Å². The number of carbonyl (C=O) groups is 1. The molecular formula is C18H20N6O5. The molecule has 11 heteroatoms. The van der Waals surface area contributed by atoms with Crippen molar-refractivity contribution in [2.45, 2.75) is 12.0 Å². The van der Waals surface area contributed by atoms with Crippen LogP contribution in [0.15, 0.2) is 14.0 Å². The summed E-state index contributed by atoms with van der Waals surface area (Å²) >= 11 is 0. The zero-order valence-electron chi connectivity index (χ0n) is 16.1. The van der Waals surface area contributed by atoms with Crippen LogP contribution in [-0.2, 0) is 23.6 Å². The fraction of sp³-hybridized carbons (Fsp3) is 0.389. The van der Waals surface area contributed by atoms with Gasteiger partial charge in [-0.1, -0.05) is 0 Å². The summed E-state index contributed by atoms with van der Waals surface area (Å²) in [6, 6.07) is 0.0440. The molecule has 2 aliphatic carbocycles. The summed E-state index contributed by atoms with van der Waals surface area (Å²) in [5.74, 6) is -0.238. The van der Waals surface area contributed by atoms with Crippen molar-refractivity contribution in [1.82, 2.24) is 14.1 Å². The number of oxazole rings is 1. The van der Waals surface area contributed by atoms with E-state index >= 15 is 0 Å². The lowest BCUT2D eigenvalue weighted by molar-refractivity contribution is -0.114. The predicted octanol–water partition coefficient (Wildman–Crippen LogP) is -1.90. The molecule has 29 heavy (non-hydrogen) atoms. The van der Waals surface area contributed by atoms with E-state index in [9.17, 15) is 14.4 Å². The minimum atomic E-state index is -0.626. The van der Waals surface area contributed by atoms with Crippen molar-refractivity contribution in [3.05, 3.63) is 37.3 Å². The Morgan fingerprint density at radius 1 is 1.45 bits per heavy atom. The van der Waals surface area contributed by atoms with Gasteiger partial charge >= 0.3 is 11.7 Å². The Kier molecular flexibility index (Phi) is 4.26.